The molecule has 0 bridgehead atoms. The molecule has 12 heteroatoms. The van der Waals surface area contributed by atoms with Gasteiger partial charge in [-0.3, -0.25) is 9.00 Å². The number of carbonyl (C=O) groups excluding carboxylic acids is 1. The van der Waals surface area contributed by atoms with Crippen molar-refractivity contribution in [2.24, 2.45) is 5.92 Å². The largest absolute Gasteiger partial charge is 0.424 e. The van der Waals surface area contributed by atoms with Crippen LogP contribution in [0.25, 0.3) is 10.9 Å². The van der Waals surface area contributed by atoms with Crippen LogP contribution in [0.2, 0.25) is 0 Å². The Labute approximate surface area is 268 Å². The molecule has 3 aromatic carbocycles. The van der Waals surface area contributed by atoms with E-state index in [0.29, 0.717) is 40.4 Å². The standard InChI is InChI=1S/C34H35F3N4O4S/c1-23(2)33(42)45-32-21-27(46(3)43)13-14-30(32)38-15-5-6-26-20-28-29(7-4-8-31(28)41(26)22-34(35,36)37)39-24-9-11-25(12-10-24)40-16-18-44-19-17-40/h4,7-14,20-21,23,38-39H,15-19,22H2,1-3H3. The first-order chi connectivity index (χ1) is 22.0. The normalized spacial score (nSPS) is 14.1. The Morgan fingerprint density at radius 2 is 1.78 bits per heavy atom. The lowest BCUT2D eigenvalue weighted by Gasteiger charge is -2.29. The molecular weight excluding hydrogens is 617 g/mol. The zero-order chi connectivity index (χ0) is 32.8. The summed E-state index contributed by atoms with van der Waals surface area (Å²) >= 11 is 0. The Balaban J connectivity index is 1.39. The summed E-state index contributed by atoms with van der Waals surface area (Å²) in [5.74, 6) is 5.15. The third-order valence-corrected chi connectivity index (χ3v) is 8.27. The molecule has 4 aromatic rings. The van der Waals surface area contributed by atoms with Crippen LogP contribution in [-0.4, -0.2) is 60.0 Å². The Hall–Kier alpha value is -4.47. The molecule has 0 aliphatic carbocycles. The number of halogens is 3. The number of anilines is 4. The zero-order valence-corrected chi connectivity index (χ0v) is 26.6. The molecule has 0 spiro atoms. The van der Waals surface area contributed by atoms with Gasteiger partial charge in [-0.05, 0) is 66.6 Å². The fourth-order valence-electron chi connectivity index (χ4n) is 4.99. The van der Waals surface area contributed by atoms with Gasteiger partial charge < -0.3 is 29.6 Å². The Morgan fingerprint density at radius 1 is 1.04 bits per heavy atom. The number of carbonyl (C=O) groups is 1. The monoisotopic (exact) mass is 652 g/mol. The van der Waals surface area contributed by atoms with E-state index in [1.165, 1.54) is 12.3 Å². The summed E-state index contributed by atoms with van der Waals surface area (Å²) in [6.45, 7) is 5.25. The fraction of sp³-hybridized carbons (Fsp3) is 0.324. The minimum absolute atomic E-state index is 0.0505. The van der Waals surface area contributed by atoms with E-state index in [2.05, 4.69) is 27.4 Å². The van der Waals surface area contributed by atoms with Crippen LogP contribution in [0.15, 0.2) is 71.6 Å². The number of benzene rings is 3. The summed E-state index contributed by atoms with van der Waals surface area (Å²) in [6, 6.07) is 19.5. The van der Waals surface area contributed by atoms with E-state index in [1.807, 2.05) is 30.3 Å². The number of ether oxygens (including phenoxy) is 2. The van der Waals surface area contributed by atoms with Crippen molar-refractivity contribution in [3.05, 3.63) is 72.4 Å². The molecule has 1 saturated heterocycles. The summed E-state index contributed by atoms with van der Waals surface area (Å²) in [4.78, 5) is 15.0. The van der Waals surface area contributed by atoms with Crippen LogP contribution in [0, 0.1) is 17.8 Å². The predicted molar refractivity (Wildman–Crippen MR) is 175 cm³/mol. The second-order valence-electron chi connectivity index (χ2n) is 11.1. The van der Waals surface area contributed by atoms with Crippen LogP contribution < -0.4 is 20.3 Å². The average Bonchev–Trinajstić information content (AvgIpc) is 3.37. The molecule has 0 radical (unpaired) electrons. The Bertz CT molecular complexity index is 1790. The summed E-state index contributed by atoms with van der Waals surface area (Å²) in [5, 5.41) is 7.02. The number of nitrogens with one attached hydrogen (secondary N) is 2. The van der Waals surface area contributed by atoms with Crippen molar-refractivity contribution in [3.63, 3.8) is 0 Å². The first-order valence-corrected chi connectivity index (χ1v) is 16.3. The van der Waals surface area contributed by atoms with Gasteiger partial charge in [-0.25, -0.2) is 0 Å². The van der Waals surface area contributed by atoms with Crippen LogP contribution in [0.3, 0.4) is 0 Å². The van der Waals surface area contributed by atoms with Crippen molar-refractivity contribution in [1.29, 1.82) is 0 Å². The highest BCUT2D eigenvalue weighted by Gasteiger charge is 2.30. The number of fused-ring (bicyclic) bond motifs is 1. The molecule has 0 amide bonds. The predicted octanol–water partition coefficient (Wildman–Crippen LogP) is 6.55. The van der Waals surface area contributed by atoms with Gasteiger partial charge in [-0.15, -0.1) is 0 Å². The zero-order valence-electron chi connectivity index (χ0n) is 25.7. The highest BCUT2D eigenvalue weighted by molar-refractivity contribution is 7.84. The number of morpholine rings is 1. The smallest absolute Gasteiger partial charge is 0.406 e. The maximum Gasteiger partial charge on any atom is 0.406 e. The van der Waals surface area contributed by atoms with Gasteiger partial charge in [0.2, 0.25) is 0 Å². The summed E-state index contributed by atoms with van der Waals surface area (Å²) < 4.78 is 65.2. The molecule has 1 aliphatic heterocycles. The van der Waals surface area contributed by atoms with Crippen molar-refractivity contribution in [3.8, 4) is 17.6 Å². The second kappa shape index (κ2) is 14.3. The molecule has 1 unspecified atom stereocenters. The Kier molecular flexibility index (Phi) is 10.2. The number of alkyl halides is 3. The highest BCUT2D eigenvalue weighted by Crippen LogP contribution is 2.33. The van der Waals surface area contributed by atoms with E-state index in [1.54, 1.807) is 44.2 Å². The van der Waals surface area contributed by atoms with Crippen molar-refractivity contribution in [2.75, 3.05) is 54.6 Å². The molecule has 1 aliphatic rings. The third kappa shape index (κ3) is 8.21. The van der Waals surface area contributed by atoms with Crippen LogP contribution in [0.5, 0.6) is 5.75 Å². The molecule has 46 heavy (non-hydrogen) atoms. The van der Waals surface area contributed by atoms with Gasteiger partial charge in [0, 0.05) is 57.5 Å². The van der Waals surface area contributed by atoms with Crippen LogP contribution in [0.1, 0.15) is 19.5 Å². The molecule has 1 fully saturated rings. The minimum Gasteiger partial charge on any atom is -0.424 e. The quantitative estimate of drug-likeness (QED) is 0.121. The van der Waals surface area contributed by atoms with Gasteiger partial charge in [-0.1, -0.05) is 25.8 Å². The number of aromatic nitrogens is 1. The van der Waals surface area contributed by atoms with E-state index in [9.17, 15) is 22.2 Å². The molecule has 2 heterocycles. The highest BCUT2D eigenvalue weighted by atomic mass is 32.2. The number of nitrogens with zero attached hydrogens (tertiary/aromatic N) is 2. The molecule has 8 nitrogen and oxygen atoms in total. The number of hydrogen-bond acceptors (Lipinski definition) is 7. The second-order valence-corrected chi connectivity index (χ2v) is 12.5. The number of rotatable bonds is 9. The lowest BCUT2D eigenvalue weighted by Crippen LogP contribution is -2.36. The van der Waals surface area contributed by atoms with Gasteiger partial charge in [-0.2, -0.15) is 13.2 Å². The van der Waals surface area contributed by atoms with Gasteiger partial charge in [0.15, 0.2) is 5.75 Å². The van der Waals surface area contributed by atoms with E-state index in [0.717, 1.165) is 29.0 Å². The summed E-state index contributed by atoms with van der Waals surface area (Å²) in [5.41, 5.74) is 3.58. The summed E-state index contributed by atoms with van der Waals surface area (Å²) in [7, 11) is -1.29. The van der Waals surface area contributed by atoms with Crippen LogP contribution in [-0.2, 0) is 26.9 Å². The topological polar surface area (TPSA) is 84.8 Å². The van der Waals surface area contributed by atoms with E-state index in [4.69, 9.17) is 9.47 Å². The first kappa shape index (κ1) is 32.9. The van der Waals surface area contributed by atoms with E-state index >= 15 is 0 Å². The van der Waals surface area contributed by atoms with Gasteiger partial charge in [0.05, 0.1) is 42.6 Å². The summed E-state index contributed by atoms with van der Waals surface area (Å²) in [6.07, 6.45) is -2.94. The van der Waals surface area contributed by atoms with E-state index < -0.39 is 29.5 Å². The first-order valence-electron chi connectivity index (χ1n) is 14.8. The average molecular weight is 653 g/mol. The van der Waals surface area contributed by atoms with Crippen LogP contribution >= 0.6 is 0 Å². The maximum atomic E-state index is 13.7. The van der Waals surface area contributed by atoms with Gasteiger partial charge in [0.1, 0.15) is 6.54 Å². The lowest BCUT2D eigenvalue weighted by molar-refractivity contribution is -0.140. The molecule has 1 aromatic heterocycles. The van der Waals surface area contributed by atoms with Crippen molar-refractivity contribution in [1.82, 2.24) is 4.57 Å². The molecule has 0 saturated carbocycles. The van der Waals surface area contributed by atoms with Crippen molar-refractivity contribution >= 4 is 50.4 Å². The van der Waals surface area contributed by atoms with Gasteiger partial charge in [0.25, 0.3) is 0 Å². The van der Waals surface area contributed by atoms with Crippen molar-refractivity contribution in [2.45, 2.75) is 31.5 Å². The van der Waals surface area contributed by atoms with Crippen molar-refractivity contribution < 1.29 is 31.6 Å². The Morgan fingerprint density at radius 3 is 2.46 bits per heavy atom. The van der Waals surface area contributed by atoms with Gasteiger partial charge >= 0.3 is 12.1 Å². The molecule has 242 valence electrons. The number of hydrogen-bond donors (Lipinski definition) is 2. The molecule has 2 N–H and O–H groups in total. The number of esters is 1. The third-order valence-electron chi connectivity index (χ3n) is 7.36. The lowest BCUT2D eigenvalue weighted by atomic mass is 10.2. The van der Waals surface area contributed by atoms with E-state index in [-0.39, 0.29) is 23.9 Å². The fourth-order valence-corrected chi connectivity index (χ4v) is 5.52. The molecular formula is C34H35F3N4O4S. The van der Waals surface area contributed by atoms with Crippen LogP contribution in [0.4, 0.5) is 35.9 Å². The SMILES string of the molecule is CC(C)C(=O)Oc1cc(S(C)=O)ccc1NCC#Cc1cc2c(Nc3ccc(N4CCOCC4)cc3)cccc2n1CC(F)(F)F. The molecule has 5 rings (SSSR count). The maximum absolute atomic E-state index is 13.7. The minimum atomic E-state index is -4.46. The molecule has 1 atom stereocenters.